The van der Waals surface area contributed by atoms with Gasteiger partial charge in [-0.3, -0.25) is 14.3 Å². The second-order valence-electron chi connectivity index (χ2n) is 7.29. The van der Waals surface area contributed by atoms with Gasteiger partial charge < -0.3 is 16.0 Å². The summed E-state index contributed by atoms with van der Waals surface area (Å²) >= 11 is 0. The number of nitrogens with zero attached hydrogens (tertiary/aromatic N) is 2. The predicted octanol–water partition coefficient (Wildman–Crippen LogP) is 1.80. The van der Waals surface area contributed by atoms with Gasteiger partial charge in [-0.25, -0.2) is 0 Å². The van der Waals surface area contributed by atoms with Crippen molar-refractivity contribution in [1.82, 2.24) is 20.4 Å². The maximum absolute atomic E-state index is 12.2. The molecule has 0 unspecified atom stereocenters. The number of halogens is 1. The summed E-state index contributed by atoms with van der Waals surface area (Å²) in [5.74, 6) is 0.0329. The lowest BCUT2D eigenvalue weighted by atomic mass is 10.1. The van der Waals surface area contributed by atoms with E-state index in [2.05, 4.69) is 27.1 Å². The molecule has 1 aromatic heterocycles. The van der Waals surface area contributed by atoms with E-state index in [1.165, 1.54) is 5.69 Å². The minimum Gasteiger partial charge on any atom is -0.353 e. The molecule has 0 atom stereocenters. The summed E-state index contributed by atoms with van der Waals surface area (Å²) in [5, 5.41) is 13.8. The van der Waals surface area contributed by atoms with E-state index < -0.39 is 0 Å². The Labute approximate surface area is 170 Å². The second kappa shape index (κ2) is 9.21. The van der Waals surface area contributed by atoms with Crippen molar-refractivity contribution in [1.29, 1.82) is 0 Å². The van der Waals surface area contributed by atoms with Gasteiger partial charge in [-0.2, -0.15) is 5.10 Å². The number of anilines is 1. The summed E-state index contributed by atoms with van der Waals surface area (Å²) in [6, 6.07) is 9.92. The fraction of sp³-hybridized carbons (Fsp3) is 0.450. The van der Waals surface area contributed by atoms with Gasteiger partial charge in [-0.15, -0.1) is 12.4 Å². The Bertz CT molecular complexity index is 806. The number of carbonyl (C=O) groups excluding carboxylic acids is 2. The highest BCUT2D eigenvalue weighted by atomic mass is 35.5. The molecule has 1 fully saturated rings. The number of amides is 2. The van der Waals surface area contributed by atoms with Crippen LogP contribution < -0.4 is 16.0 Å². The number of hydrogen-bond acceptors (Lipinski definition) is 4. The quantitative estimate of drug-likeness (QED) is 0.657. The zero-order valence-corrected chi connectivity index (χ0v) is 16.6. The maximum Gasteiger partial charge on any atom is 0.224 e. The topological polar surface area (TPSA) is 88.1 Å². The second-order valence-corrected chi connectivity index (χ2v) is 7.29. The number of rotatable bonds is 7. The highest BCUT2D eigenvalue weighted by Gasteiger charge is 2.23. The molecule has 2 aromatic rings. The lowest BCUT2D eigenvalue weighted by Gasteiger charge is -2.13. The van der Waals surface area contributed by atoms with Crippen LogP contribution in [0.3, 0.4) is 0 Å². The van der Waals surface area contributed by atoms with Crippen molar-refractivity contribution in [2.45, 2.75) is 51.2 Å². The van der Waals surface area contributed by atoms with Crippen LogP contribution in [-0.2, 0) is 35.5 Å². The third-order valence-electron chi connectivity index (χ3n) is 4.87. The van der Waals surface area contributed by atoms with Gasteiger partial charge >= 0.3 is 0 Å². The van der Waals surface area contributed by atoms with Gasteiger partial charge in [-0.05, 0) is 36.6 Å². The number of carbonyl (C=O) groups is 2. The molecular weight excluding hydrogens is 378 g/mol. The molecule has 2 amide bonds. The molecule has 2 heterocycles. The van der Waals surface area contributed by atoms with Crippen LogP contribution in [0.1, 0.15) is 36.2 Å². The largest absolute Gasteiger partial charge is 0.353 e. The minimum absolute atomic E-state index is 0. The minimum atomic E-state index is -0.0293. The van der Waals surface area contributed by atoms with Gasteiger partial charge in [0, 0.05) is 37.7 Å². The average molecular weight is 404 g/mol. The fourth-order valence-corrected chi connectivity index (χ4v) is 3.24. The van der Waals surface area contributed by atoms with Crippen molar-refractivity contribution in [3.05, 3.63) is 47.3 Å². The molecule has 150 valence electrons. The zero-order valence-electron chi connectivity index (χ0n) is 15.7. The van der Waals surface area contributed by atoms with E-state index in [1.54, 1.807) is 0 Å². The average Bonchev–Trinajstić information content (AvgIpc) is 3.36. The normalized spacial score (nSPS) is 15.3. The summed E-state index contributed by atoms with van der Waals surface area (Å²) in [5.41, 5.74) is 3.84. The van der Waals surface area contributed by atoms with Gasteiger partial charge in [0.1, 0.15) is 0 Å². The number of aryl methyl sites for hydroxylation is 1. The number of nitrogens with one attached hydrogen (secondary N) is 3. The number of fused-ring (bicyclic) bond motifs is 1. The first-order valence-electron chi connectivity index (χ1n) is 9.60. The third-order valence-corrected chi connectivity index (χ3v) is 4.87. The molecule has 28 heavy (non-hydrogen) atoms. The van der Waals surface area contributed by atoms with E-state index >= 15 is 0 Å². The molecule has 1 aliphatic heterocycles. The molecule has 8 heteroatoms. The van der Waals surface area contributed by atoms with Crippen LogP contribution in [0.25, 0.3) is 0 Å². The van der Waals surface area contributed by atoms with E-state index in [0.29, 0.717) is 25.3 Å². The maximum atomic E-state index is 12.2. The van der Waals surface area contributed by atoms with Crippen molar-refractivity contribution in [2.24, 2.45) is 0 Å². The molecule has 1 aromatic carbocycles. The molecule has 0 saturated heterocycles. The van der Waals surface area contributed by atoms with Crippen LogP contribution in [0.5, 0.6) is 0 Å². The Hall–Kier alpha value is -2.38. The number of aromatic nitrogens is 2. The molecule has 3 N–H and O–H groups in total. The zero-order chi connectivity index (χ0) is 18.6. The van der Waals surface area contributed by atoms with Crippen LogP contribution in [-0.4, -0.2) is 34.2 Å². The van der Waals surface area contributed by atoms with Gasteiger partial charge in [0.2, 0.25) is 11.8 Å². The van der Waals surface area contributed by atoms with Crippen molar-refractivity contribution in [3.63, 3.8) is 0 Å². The lowest BCUT2D eigenvalue weighted by molar-refractivity contribution is -0.120. The molecule has 0 radical (unpaired) electrons. The monoisotopic (exact) mass is 403 g/mol. The first-order chi connectivity index (χ1) is 13.2. The number of hydrogen-bond donors (Lipinski definition) is 3. The standard InChI is InChI=1S/C20H25N5O2.ClH/c26-19(8-7-17-12-18-13-21-9-10-25(18)24-17)22-15-3-1-14(2-4-15)11-20(27)23-16-5-6-16;/h1-4,12,16,21H,5-11,13H2,(H,22,26)(H,23,27);1H. The van der Waals surface area contributed by atoms with Crippen molar-refractivity contribution >= 4 is 29.9 Å². The highest BCUT2D eigenvalue weighted by molar-refractivity contribution is 5.90. The smallest absolute Gasteiger partial charge is 0.224 e. The molecule has 1 aliphatic carbocycles. The third kappa shape index (κ3) is 5.56. The van der Waals surface area contributed by atoms with Crippen molar-refractivity contribution in [3.8, 4) is 0 Å². The van der Waals surface area contributed by atoms with Crippen LogP contribution in [0.2, 0.25) is 0 Å². The van der Waals surface area contributed by atoms with Crippen molar-refractivity contribution < 1.29 is 9.59 Å². The predicted molar refractivity (Wildman–Crippen MR) is 109 cm³/mol. The van der Waals surface area contributed by atoms with Gasteiger partial charge in [0.25, 0.3) is 0 Å². The molecule has 7 nitrogen and oxygen atoms in total. The fourth-order valence-electron chi connectivity index (χ4n) is 3.24. The van der Waals surface area contributed by atoms with Crippen LogP contribution >= 0.6 is 12.4 Å². The molecular formula is C20H26ClN5O2. The highest BCUT2D eigenvalue weighted by Crippen LogP contribution is 2.19. The molecule has 4 rings (SSSR count). The summed E-state index contributed by atoms with van der Waals surface area (Å²) in [4.78, 5) is 24.0. The van der Waals surface area contributed by atoms with Gasteiger partial charge in [0.05, 0.1) is 24.4 Å². The van der Waals surface area contributed by atoms with Gasteiger partial charge in [0.15, 0.2) is 0 Å². The summed E-state index contributed by atoms with van der Waals surface area (Å²) in [6.45, 7) is 2.66. The molecule has 2 aliphatic rings. The number of benzene rings is 1. The Balaban J connectivity index is 0.00000225. The first kappa shape index (κ1) is 20.4. The Morgan fingerprint density at radius 1 is 1.18 bits per heavy atom. The van der Waals surface area contributed by atoms with Gasteiger partial charge in [-0.1, -0.05) is 12.1 Å². The van der Waals surface area contributed by atoms with E-state index in [4.69, 9.17) is 0 Å². The van der Waals surface area contributed by atoms with E-state index in [-0.39, 0.29) is 24.2 Å². The van der Waals surface area contributed by atoms with Crippen LogP contribution in [0.15, 0.2) is 30.3 Å². The Morgan fingerprint density at radius 3 is 2.68 bits per heavy atom. The van der Waals surface area contributed by atoms with E-state index in [0.717, 1.165) is 49.4 Å². The molecule has 1 saturated carbocycles. The Kier molecular flexibility index (Phi) is 6.70. The Morgan fingerprint density at radius 2 is 1.96 bits per heavy atom. The first-order valence-corrected chi connectivity index (χ1v) is 9.60. The van der Waals surface area contributed by atoms with E-state index in [9.17, 15) is 9.59 Å². The molecule has 0 spiro atoms. The molecule has 0 bridgehead atoms. The van der Waals surface area contributed by atoms with Crippen molar-refractivity contribution in [2.75, 3.05) is 11.9 Å². The van der Waals surface area contributed by atoms with Crippen LogP contribution in [0, 0.1) is 0 Å². The summed E-state index contributed by atoms with van der Waals surface area (Å²) in [7, 11) is 0. The lowest BCUT2D eigenvalue weighted by Crippen LogP contribution is -2.28. The summed E-state index contributed by atoms with van der Waals surface area (Å²) < 4.78 is 2.02. The SMILES string of the molecule is Cl.O=C(CCc1cc2n(n1)CCNC2)Nc1ccc(CC(=O)NC2CC2)cc1. The van der Waals surface area contributed by atoms with E-state index in [1.807, 2.05) is 28.9 Å². The summed E-state index contributed by atoms with van der Waals surface area (Å²) in [6.07, 6.45) is 3.59. The van der Waals surface area contributed by atoms with Crippen LogP contribution in [0.4, 0.5) is 5.69 Å².